The van der Waals surface area contributed by atoms with Crippen LogP contribution in [-0.4, -0.2) is 61.2 Å². The van der Waals surface area contributed by atoms with E-state index >= 15 is 0 Å². The zero-order valence-electron chi connectivity index (χ0n) is 26.5. The highest BCUT2D eigenvalue weighted by Gasteiger charge is 2.87. The van der Waals surface area contributed by atoms with Gasteiger partial charge >= 0.3 is 48.0 Å². The Kier molecular flexibility index (Phi) is 13.1. The molecule has 51 heavy (non-hydrogen) atoms. The lowest BCUT2D eigenvalue weighted by molar-refractivity contribution is -0.414. The number of carbonyl (C=O) groups excluding carboxylic acids is 2. The van der Waals surface area contributed by atoms with Gasteiger partial charge in [0.1, 0.15) is 11.5 Å². The third-order valence-corrected chi connectivity index (χ3v) is 7.45. The summed E-state index contributed by atoms with van der Waals surface area (Å²) in [6.45, 7) is -0.308. The topological polar surface area (TPSA) is 61.8 Å². The number of hydrogen-bond acceptors (Lipinski definition) is 5. The van der Waals surface area contributed by atoms with E-state index in [1.165, 1.54) is 18.6 Å². The maximum atomic E-state index is 13.9. The molecule has 0 aromatic heterocycles. The smallest absolute Gasteiger partial charge is 0.384 e. The molecule has 5 nitrogen and oxygen atoms in total. The van der Waals surface area contributed by atoms with Crippen molar-refractivity contribution >= 4 is 11.9 Å². The third kappa shape index (κ3) is 9.08. The van der Waals surface area contributed by atoms with Crippen molar-refractivity contribution < 1.29 is 76.5 Å². The van der Waals surface area contributed by atoms with Gasteiger partial charge < -0.3 is 14.2 Å². The van der Waals surface area contributed by atoms with Crippen LogP contribution < -0.4 is 9.47 Å². The predicted molar refractivity (Wildman–Crippen MR) is 159 cm³/mol. The molecule has 17 heteroatoms. The second kappa shape index (κ2) is 16.3. The molecular formula is C34H30F12O5. The number of unbranched alkanes of at least 4 members (excludes halogenated alkanes) is 4. The maximum absolute atomic E-state index is 13.9. The van der Waals surface area contributed by atoms with Crippen molar-refractivity contribution in [3.8, 4) is 22.6 Å². The van der Waals surface area contributed by atoms with Gasteiger partial charge in [0.05, 0.1) is 17.7 Å². The lowest BCUT2D eigenvalue weighted by Crippen LogP contribution is -2.69. The molecule has 3 aromatic carbocycles. The number of halogens is 12. The van der Waals surface area contributed by atoms with Gasteiger partial charge in [0.2, 0.25) is 0 Å². The standard InChI is InChI=1S/C34H30F12O5/c1-2-3-4-5-6-19-49-25-15-11-22(12-16-25)21-7-9-24(10-8-21)28(48)51-26-17-13-23(14-18-26)27(47)50-20-30(37,38)32(41,42)34(45,46)33(43,44)31(39,40)29(35)36/h7-18,29H,2-6,19-20H2,1H3. The Balaban J connectivity index is 1.57. The summed E-state index contributed by atoms with van der Waals surface area (Å²) in [5, 5.41) is 0. The van der Waals surface area contributed by atoms with Crippen LogP contribution in [0.25, 0.3) is 11.1 Å². The molecule has 0 fully saturated rings. The maximum Gasteiger partial charge on any atom is 0.384 e. The second-order valence-corrected chi connectivity index (χ2v) is 11.2. The molecule has 0 bridgehead atoms. The Bertz CT molecular complexity index is 1590. The van der Waals surface area contributed by atoms with E-state index in [4.69, 9.17) is 9.47 Å². The Hall–Kier alpha value is -4.44. The lowest BCUT2D eigenvalue weighted by atomic mass is 9.94. The summed E-state index contributed by atoms with van der Waals surface area (Å²) in [7, 11) is 0. The minimum atomic E-state index is -7.74. The normalized spacial score (nSPS) is 12.9. The zero-order chi connectivity index (χ0) is 38.3. The second-order valence-electron chi connectivity index (χ2n) is 11.2. The van der Waals surface area contributed by atoms with Crippen LogP contribution in [-0.2, 0) is 4.74 Å². The van der Waals surface area contributed by atoms with Gasteiger partial charge in [-0.15, -0.1) is 0 Å². The van der Waals surface area contributed by atoms with Crippen molar-refractivity contribution in [2.45, 2.75) is 75.1 Å². The van der Waals surface area contributed by atoms with E-state index < -0.39 is 60.1 Å². The van der Waals surface area contributed by atoms with E-state index in [1.54, 1.807) is 12.1 Å². The molecule has 0 atom stereocenters. The number of ether oxygens (including phenoxy) is 3. The molecule has 0 radical (unpaired) electrons. The molecule has 0 unspecified atom stereocenters. The molecule has 280 valence electrons. The molecule has 0 heterocycles. The first-order chi connectivity index (χ1) is 23.7. The lowest BCUT2D eigenvalue weighted by Gasteiger charge is -2.38. The van der Waals surface area contributed by atoms with Crippen molar-refractivity contribution in [3.05, 3.63) is 83.9 Å². The number of rotatable bonds is 18. The van der Waals surface area contributed by atoms with E-state index in [0.717, 1.165) is 61.1 Å². The van der Waals surface area contributed by atoms with Crippen LogP contribution >= 0.6 is 0 Å². The molecule has 3 aromatic rings. The van der Waals surface area contributed by atoms with Gasteiger partial charge in [-0.2, -0.15) is 43.9 Å². The summed E-state index contributed by atoms with van der Waals surface area (Å²) < 4.78 is 175. The molecular weight excluding hydrogens is 716 g/mol. The quantitative estimate of drug-likeness (QED) is 0.0561. The highest BCUT2D eigenvalue weighted by Crippen LogP contribution is 2.58. The molecule has 0 aliphatic carbocycles. The molecule has 0 saturated heterocycles. The van der Waals surface area contributed by atoms with Crippen LogP contribution in [0.2, 0.25) is 0 Å². The average Bonchev–Trinajstić information content (AvgIpc) is 3.09. The predicted octanol–water partition coefficient (Wildman–Crippen LogP) is 10.5. The van der Waals surface area contributed by atoms with Crippen molar-refractivity contribution in [1.29, 1.82) is 0 Å². The van der Waals surface area contributed by atoms with Gasteiger partial charge in [0, 0.05) is 0 Å². The average molecular weight is 747 g/mol. The summed E-state index contributed by atoms with van der Waals surface area (Å²) in [5.41, 5.74) is 0.951. The van der Waals surface area contributed by atoms with E-state index in [2.05, 4.69) is 11.7 Å². The molecule has 0 aliphatic rings. The number of esters is 2. The van der Waals surface area contributed by atoms with Crippen LogP contribution in [0, 0.1) is 0 Å². The van der Waals surface area contributed by atoms with Gasteiger partial charge in [-0.05, 0) is 66.1 Å². The largest absolute Gasteiger partial charge is 0.494 e. The highest BCUT2D eigenvalue weighted by molar-refractivity contribution is 5.92. The van der Waals surface area contributed by atoms with Gasteiger partial charge in [0.15, 0.2) is 6.61 Å². The summed E-state index contributed by atoms with van der Waals surface area (Å²) in [6.07, 6.45) is -0.0951. The highest BCUT2D eigenvalue weighted by atomic mass is 19.4. The summed E-state index contributed by atoms with van der Waals surface area (Å²) in [5.74, 6) is -38.7. The van der Waals surface area contributed by atoms with Crippen molar-refractivity contribution in [2.24, 2.45) is 0 Å². The Labute approximate surface area is 283 Å². The molecule has 0 amide bonds. The number of carbonyl (C=O) groups is 2. The Morgan fingerprint density at radius 1 is 0.588 bits per heavy atom. The molecule has 0 saturated carbocycles. The number of hydrogen-bond donors (Lipinski definition) is 0. The minimum Gasteiger partial charge on any atom is -0.494 e. The minimum absolute atomic E-state index is 0.0853. The van der Waals surface area contributed by atoms with Crippen molar-refractivity contribution in [2.75, 3.05) is 13.2 Å². The third-order valence-electron chi connectivity index (χ3n) is 7.45. The first kappa shape index (κ1) is 41.0. The fourth-order valence-electron chi connectivity index (χ4n) is 4.37. The molecule has 0 spiro atoms. The van der Waals surface area contributed by atoms with Gasteiger partial charge in [0.25, 0.3) is 0 Å². The van der Waals surface area contributed by atoms with Gasteiger partial charge in [-0.1, -0.05) is 56.9 Å². The van der Waals surface area contributed by atoms with Crippen molar-refractivity contribution in [1.82, 2.24) is 0 Å². The molecule has 0 aliphatic heterocycles. The first-order valence-corrected chi connectivity index (χ1v) is 15.2. The monoisotopic (exact) mass is 746 g/mol. The van der Waals surface area contributed by atoms with E-state index in [9.17, 15) is 62.3 Å². The fourth-order valence-corrected chi connectivity index (χ4v) is 4.37. The van der Waals surface area contributed by atoms with E-state index in [0.29, 0.717) is 12.4 Å². The van der Waals surface area contributed by atoms with E-state index in [-0.39, 0.29) is 11.3 Å². The van der Waals surface area contributed by atoms with Gasteiger partial charge in [-0.3, -0.25) is 0 Å². The van der Waals surface area contributed by atoms with Crippen LogP contribution in [0.4, 0.5) is 52.7 Å². The molecule has 3 rings (SSSR count). The van der Waals surface area contributed by atoms with Crippen molar-refractivity contribution in [3.63, 3.8) is 0 Å². The SMILES string of the molecule is CCCCCCCOc1ccc(-c2ccc(C(=O)Oc3ccc(C(=O)OCC(F)(F)C(F)(F)C(F)(F)C(F)(F)C(F)(F)C(F)F)cc3)cc2)cc1. The Morgan fingerprint density at radius 2 is 1.06 bits per heavy atom. The summed E-state index contributed by atoms with van der Waals surface area (Å²) in [6, 6.07) is 16.8. The van der Waals surface area contributed by atoms with E-state index in [1.807, 2.05) is 24.3 Å². The van der Waals surface area contributed by atoms with Gasteiger partial charge in [-0.25, -0.2) is 18.4 Å². The fraction of sp³-hybridized carbons (Fsp3) is 0.412. The van der Waals surface area contributed by atoms with Crippen LogP contribution in [0.3, 0.4) is 0 Å². The zero-order valence-corrected chi connectivity index (χ0v) is 26.5. The van der Waals surface area contributed by atoms with Crippen LogP contribution in [0.1, 0.15) is 59.7 Å². The number of alkyl halides is 12. The summed E-state index contributed by atoms with van der Waals surface area (Å²) >= 11 is 0. The van der Waals surface area contributed by atoms with Crippen LogP contribution in [0.5, 0.6) is 11.5 Å². The number of benzene rings is 3. The van der Waals surface area contributed by atoms with Crippen LogP contribution in [0.15, 0.2) is 72.8 Å². The summed E-state index contributed by atoms with van der Waals surface area (Å²) in [4.78, 5) is 24.6. The first-order valence-electron chi connectivity index (χ1n) is 15.2. The Morgan fingerprint density at radius 3 is 1.59 bits per heavy atom. The molecule has 0 N–H and O–H groups in total.